The maximum Gasteiger partial charge on any atom is 0.410 e. The predicted molar refractivity (Wildman–Crippen MR) is 78.3 cm³/mol. The predicted octanol–water partition coefficient (Wildman–Crippen LogP) is 2.00. The van der Waals surface area contributed by atoms with Crippen molar-refractivity contribution in [2.24, 2.45) is 11.8 Å². The Balaban J connectivity index is 2.12. The minimum atomic E-state index is -3.51. The van der Waals surface area contributed by atoms with E-state index >= 15 is 0 Å². The average molecular weight is 319 g/mol. The standard InChI is InChI=1S/C14H25NO5S/c1-9-6-10-7-11(9)12(8-19-21(5,17)18)15(10)13(16)20-14(2,3)4/h9-12H,6-8H2,1-5H3/t9-,10-,11-,12-/m1/s1. The zero-order chi connectivity index (χ0) is 16.0. The van der Waals surface area contributed by atoms with Crippen molar-refractivity contribution >= 4 is 16.2 Å². The van der Waals surface area contributed by atoms with Gasteiger partial charge in [-0.25, -0.2) is 4.79 Å². The SMILES string of the molecule is C[C@@H]1C[C@@H]2C[C@H]1[C@@H](COS(C)(=O)=O)N2C(=O)OC(C)(C)C. The molecule has 2 bridgehead atoms. The number of ether oxygens (including phenoxy) is 1. The summed E-state index contributed by atoms with van der Waals surface area (Å²) >= 11 is 0. The average Bonchev–Trinajstić information content (AvgIpc) is 2.78. The minimum Gasteiger partial charge on any atom is -0.444 e. The molecule has 4 atom stereocenters. The second-order valence-electron chi connectivity index (χ2n) is 7.21. The first-order valence-electron chi connectivity index (χ1n) is 7.33. The fraction of sp³-hybridized carbons (Fsp3) is 0.929. The summed E-state index contributed by atoms with van der Waals surface area (Å²) in [7, 11) is -3.51. The van der Waals surface area contributed by atoms with Gasteiger partial charge >= 0.3 is 6.09 Å². The van der Waals surface area contributed by atoms with Crippen LogP contribution in [0.15, 0.2) is 0 Å². The van der Waals surface area contributed by atoms with Crippen LogP contribution in [0.3, 0.4) is 0 Å². The minimum absolute atomic E-state index is 0.0174. The summed E-state index contributed by atoms with van der Waals surface area (Å²) in [6.07, 6.45) is 2.50. The Morgan fingerprint density at radius 1 is 1.29 bits per heavy atom. The Hall–Kier alpha value is -0.820. The summed E-state index contributed by atoms with van der Waals surface area (Å²) in [6.45, 7) is 7.63. The number of fused-ring (bicyclic) bond motifs is 2. The van der Waals surface area contributed by atoms with E-state index in [2.05, 4.69) is 6.92 Å². The van der Waals surface area contributed by atoms with Crippen LogP contribution in [-0.4, -0.2) is 50.0 Å². The Labute approximate surface area is 126 Å². The molecule has 1 aliphatic heterocycles. The van der Waals surface area contributed by atoms with Gasteiger partial charge in [-0.05, 0) is 45.4 Å². The molecular formula is C14H25NO5S. The largest absolute Gasteiger partial charge is 0.444 e. The Morgan fingerprint density at radius 3 is 2.43 bits per heavy atom. The lowest BCUT2D eigenvalue weighted by atomic mass is 9.90. The summed E-state index contributed by atoms with van der Waals surface area (Å²) in [4.78, 5) is 14.1. The molecule has 0 spiro atoms. The molecule has 0 aromatic rings. The molecule has 0 N–H and O–H groups in total. The van der Waals surface area contributed by atoms with Gasteiger partial charge in [-0.3, -0.25) is 9.08 Å². The van der Waals surface area contributed by atoms with Gasteiger partial charge in [0.25, 0.3) is 10.1 Å². The second kappa shape index (κ2) is 5.43. The van der Waals surface area contributed by atoms with E-state index in [1.165, 1.54) is 0 Å². The first kappa shape index (κ1) is 16.5. The lowest BCUT2D eigenvalue weighted by Crippen LogP contribution is -2.50. The fourth-order valence-electron chi connectivity index (χ4n) is 3.48. The third kappa shape index (κ3) is 3.88. The van der Waals surface area contributed by atoms with Crippen molar-refractivity contribution in [3.05, 3.63) is 0 Å². The highest BCUT2D eigenvalue weighted by molar-refractivity contribution is 7.85. The van der Waals surface area contributed by atoms with Gasteiger partial charge in [0, 0.05) is 6.04 Å². The van der Waals surface area contributed by atoms with E-state index < -0.39 is 15.7 Å². The zero-order valence-electron chi connectivity index (χ0n) is 13.3. The molecule has 1 aliphatic carbocycles. The zero-order valence-corrected chi connectivity index (χ0v) is 14.1. The molecule has 2 aliphatic rings. The monoisotopic (exact) mass is 319 g/mol. The summed E-state index contributed by atoms with van der Waals surface area (Å²) in [5.74, 6) is 0.756. The Bertz CT molecular complexity index is 510. The van der Waals surface area contributed by atoms with E-state index in [4.69, 9.17) is 8.92 Å². The summed E-state index contributed by atoms with van der Waals surface area (Å²) in [5.41, 5.74) is -0.563. The van der Waals surface area contributed by atoms with Gasteiger partial charge in [0.1, 0.15) is 5.60 Å². The molecule has 2 fully saturated rings. The molecule has 0 radical (unpaired) electrons. The van der Waals surface area contributed by atoms with Crippen molar-refractivity contribution < 1.29 is 22.1 Å². The highest BCUT2D eigenvalue weighted by Crippen LogP contribution is 2.46. The summed E-state index contributed by atoms with van der Waals surface area (Å²) < 4.78 is 32.8. The Kier molecular flexibility index (Phi) is 4.28. The van der Waals surface area contributed by atoms with E-state index in [1.807, 2.05) is 20.8 Å². The molecule has 21 heavy (non-hydrogen) atoms. The van der Waals surface area contributed by atoms with Gasteiger partial charge in [-0.1, -0.05) is 6.92 Å². The molecule has 1 saturated heterocycles. The van der Waals surface area contributed by atoms with Gasteiger partial charge in [-0.15, -0.1) is 0 Å². The molecule has 0 aromatic heterocycles. The smallest absolute Gasteiger partial charge is 0.410 e. The van der Waals surface area contributed by atoms with E-state index in [-0.39, 0.29) is 30.7 Å². The van der Waals surface area contributed by atoms with Crippen LogP contribution >= 0.6 is 0 Å². The summed E-state index contributed by atoms with van der Waals surface area (Å²) in [5, 5.41) is 0. The normalized spacial score (nSPS) is 32.5. The lowest BCUT2D eigenvalue weighted by molar-refractivity contribution is -0.00351. The van der Waals surface area contributed by atoms with Gasteiger partial charge in [0.15, 0.2) is 0 Å². The molecule has 7 heteroatoms. The third-order valence-electron chi connectivity index (χ3n) is 4.22. The van der Waals surface area contributed by atoms with Crippen molar-refractivity contribution in [1.82, 2.24) is 4.90 Å². The van der Waals surface area contributed by atoms with Crippen molar-refractivity contribution in [2.45, 2.75) is 58.2 Å². The Morgan fingerprint density at radius 2 is 1.90 bits per heavy atom. The molecular weight excluding hydrogens is 294 g/mol. The quantitative estimate of drug-likeness (QED) is 0.744. The number of hydrogen-bond donors (Lipinski definition) is 0. The van der Waals surface area contributed by atoms with E-state index in [0.29, 0.717) is 5.92 Å². The first-order chi connectivity index (χ1) is 9.48. The molecule has 1 amide bonds. The number of carbonyl (C=O) groups is 1. The molecule has 6 nitrogen and oxygen atoms in total. The molecule has 1 saturated carbocycles. The number of nitrogens with zero attached hydrogens (tertiary/aromatic N) is 1. The number of likely N-dealkylation sites (tertiary alicyclic amines) is 1. The maximum atomic E-state index is 12.4. The van der Waals surface area contributed by atoms with Crippen LogP contribution in [0.2, 0.25) is 0 Å². The fourth-order valence-corrected chi connectivity index (χ4v) is 3.87. The van der Waals surface area contributed by atoms with Gasteiger partial charge in [0.05, 0.1) is 18.9 Å². The number of amides is 1. The molecule has 2 rings (SSSR count). The highest BCUT2D eigenvalue weighted by atomic mass is 32.2. The maximum absolute atomic E-state index is 12.4. The number of rotatable bonds is 3. The van der Waals surface area contributed by atoms with Crippen molar-refractivity contribution in [3.63, 3.8) is 0 Å². The molecule has 0 unspecified atom stereocenters. The van der Waals surface area contributed by atoms with Crippen LogP contribution < -0.4 is 0 Å². The van der Waals surface area contributed by atoms with Crippen molar-refractivity contribution in [2.75, 3.05) is 12.9 Å². The van der Waals surface area contributed by atoms with Crippen LogP contribution in [0.4, 0.5) is 4.79 Å². The highest BCUT2D eigenvalue weighted by Gasteiger charge is 2.52. The summed E-state index contributed by atoms with van der Waals surface area (Å²) in [6, 6.07) is -0.0867. The number of hydrogen-bond acceptors (Lipinski definition) is 5. The van der Waals surface area contributed by atoms with E-state index in [9.17, 15) is 13.2 Å². The second-order valence-corrected chi connectivity index (χ2v) is 8.85. The van der Waals surface area contributed by atoms with Crippen LogP contribution in [-0.2, 0) is 19.0 Å². The van der Waals surface area contributed by atoms with Crippen LogP contribution in [0, 0.1) is 11.8 Å². The molecule has 122 valence electrons. The van der Waals surface area contributed by atoms with Crippen molar-refractivity contribution in [1.29, 1.82) is 0 Å². The van der Waals surface area contributed by atoms with Gasteiger partial charge < -0.3 is 4.74 Å². The lowest BCUT2D eigenvalue weighted by Gasteiger charge is -2.38. The first-order valence-corrected chi connectivity index (χ1v) is 9.15. The number of carbonyl (C=O) groups excluding carboxylic acids is 1. The number of piperidine rings is 1. The van der Waals surface area contributed by atoms with Crippen LogP contribution in [0.5, 0.6) is 0 Å². The van der Waals surface area contributed by atoms with E-state index in [1.54, 1.807) is 4.90 Å². The van der Waals surface area contributed by atoms with Crippen LogP contribution in [0.1, 0.15) is 40.5 Å². The van der Waals surface area contributed by atoms with Gasteiger partial charge in [0.2, 0.25) is 0 Å². The van der Waals surface area contributed by atoms with Crippen molar-refractivity contribution in [3.8, 4) is 0 Å². The topological polar surface area (TPSA) is 72.9 Å². The molecule has 1 heterocycles. The van der Waals surface area contributed by atoms with Crippen LogP contribution in [0.25, 0.3) is 0 Å². The molecule has 0 aromatic carbocycles. The van der Waals surface area contributed by atoms with E-state index in [0.717, 1.165) is 19.1 Å². The third-order valence-corrected chi connectivity index (χ3v) is 4.79. The van der Waals surface area contributed by atoms with Gasteiger partial charge in [-0.2, -0.15) is 8.42 Å².